The summed E-state index contributed by atoms with van der Waals surface area (Å²) in [5.74, 6) is 0.874. The maximum absolute atomic E-state index is 13.6. The van der Waals surface area contributed by atoms with E-state index in [4.69, 9.17) is 4.74 Å². The molecule has 1 aromatic carbocycles. The fraction of sp³-hybridized carbons (Fsp3) is 0.200. The van der Waals surface area contributed by atoms with E-state index in [1.165, 1.54) is 10.5 Å². The number of piperazine rings is 1. The molecule has 8 nitrogen and oxygen atoms in total. The molecule has 1 saturated heterocycles. The van der Waals surface area contributed by atoms with Gasteiger partial charge in [0.05, 0.1) is 6.07 Å². The van der Waals surface area contributed by atoms with Gasteiger partial charge in [0.2, 0.25) is 12.0 Å². The number of carbonyl (C=O) groups excluding carboxylic acids is 1. The maximum atomic E-state index is 13.6. The number of pyridine rings is 2. The van der Waals surface area contributed by atoms with E-state index >= 15 is 0 Å². The number of fused-ring (bicyclic) bond motifs is 1. The number of rotatable bonds is 5. The van der Waals surface area contributed by atoms with Gasteiger partial charge in [-0.1, -0.05) is 42.5 Å². The highest BCUT2D eigenvalue weighted by molar-refractivity contribution is 5.83. The van der Waals surface area contributed by atoms with E-state index in [0.29, 0.717) is 37.4 Å². The van der Waals surface area contributed by atoms with Gasteiger partial charge in [0.25, 0.3) is 11.5 Å². The Bertz CT molecular complexity index is 1300. The second-order valence-electron chi connectivity index (χ2n) is 7.77. The number of ether oxygens (including phenoxy) is 1. The van der Waals surface area contributed by atoms with E-state index in [1.807, 2.05) is 48.5 Å². The van der Waals surface area contributed by atoms with Crippen molar-refractivity contribution in [1.82, 2.24) is 19.3 Å². The number of carbonyl (C=O) groups is 1. The first-order chi connectivity index (χ1) is 16.2. The van der Waals surface area contributed by atoms with Crippen molar-refractivity contribution in [2.75, 3.05) is 31.1 Å². The molecule has 5 rings (SSSR count). The van der Waals surface area contributed by atoms with Crippen LogP contribution >= 0.6 is 0 Å². The van der Waals surface area contributed by atoms with Crippen LogP contribution in [0.3, 0.4) is 0 Å². The molecule has 0 radical (unpaired) electrons. The molecule has 1 aliphatic heterocycles. The fourth-order valence-electron chi connectivity index (χ4n) is 3.96. The van der Waals surface area contributed by atoms with E-state index in [2.05, 4.69) is 14.9 Å². The van der Waals surface area contributed by atoms with Gasteiger partial charge in [0, 0.05) is 44.1 Å². The first-order valence-corrected chi connectivity index (χ1v) is 10.8. The minimum atomic E-state index is -0.898. The second kappa shape index (κ2) is 9.12. The Kier molecular flexibility index (Phi) is 5.72. The van der Waals surface area contributed by atoms with Crippen molar-refractivity contribution in [2.45, 2.75) is 6.10 Å². The number of hydrogen-bond acceptors (Lipinski definition) is 6. The van der Waals surface area contributed by atoms with Gasteiger partial charge < -0.3 is 14.5 Å². The summed E-state index contributed by atoms with van der Waals surface area (Å²) >= 11 is 0. The highest BCUT2D eigenvalue weighted by Crippen LogP contribution is 2.24. The van der Waals surface area contributed by atoms with Crippen LogP contribution < -0.4 is 15.2 Å². The van der Waals surface area contributed by atoms with Crippen LogP contribution in [-0.4, -0.2) is 51.4 Å². The molecule has 1 amide bonds. The van der Waals surface area contributed by atoms with Gasteiger partial charge in [-0.05, 0) is 24.3 Å². The molecule has 0 saturated carbocycles. The average molecular weight is 441 g/mol. The van der Waals surface area contributed by atoms with Crippen LogP contribution in [0.1, 0.15) is 11.7 Å². The topological polar surface area (TPSA) is 80.0 Å². The molecule has 0 aliphatic carbocycles. The summed E-state index contributed by atoms with van der Waals surface area (Å²) in [7, 11) is 0. The lowest BCUT2D eigenvalue weighted by molar-refractivity contribution is -0.139. The molecule has 0 spiro atoms. The van der Waals surface area contributed by atoms with Crippen molar-refractivity contribution in [2.24, 2.45) is 0 Å². The normalized spacial score (nSPS) is 14.8. The maximum Gasteiger partial charge on any atom is 0.268 e. The lowest BCUT2D eigenvalue weighted by atomic mass is 10.1. The predicted molar refractivity (Wildman–Crippen MR) is 124 cm³/mol. The van der Waals surface area contributed by atoms with E-state index in [-0.39, 0.29) is 17.3 Å². The molecule has 1 unspecified atom stereocenters. The molecule has 3 aromatic heterocycles. The molecule has 0 N–H and O–H groups in total. The monoisotopic (exact) mass is 441 g/mol. The lowest BCUT2D eigenvalue weighted by Crippen LogP contribution is -2.50. The fourth-order valence-corrected chi connectivity index (χ4v) is 3.96. The van der Waals surface area contributed by atoms with Crippen molar-refractivity contribution in [3.05, 3.63) is 101 Å². The van der Waals surface area contributed by atoms with Gasteiger partial charge in [-0.25, -0.2) is 4.98 Å². The summed E-state index contributed by atoms with van der Waals surface area (Å²) in [6, 6.07) is 21.7. The molecule has 166 valence electrons. The van der Waals surface area contributed by atoms with E-state index in [1.54, 1.807) is 35.5 Å². The van der Waals surface area contributed by atoms with E-state index in [9.17, 15) is 9.59 Å². The zero-order chi connectivity index (χ0) is 22.6. The van der Waals surface area contributed by atoms with Gasteiger partial charge in [0.1, 0.15) is 11.5 Å². The van der Waals surface area contributed by atoms with Crippen LogP contribution in [0.15, 0.2) is 90.0 Å². The summed E-state index contributed by atoms with van der Waals surface area (Å²) in [6.07, 6.45) is 2.52. The Balaban J connectivity index is 1.38. The van der Waals surface area contributed by atoms with E-state index in [0.717, 1.165) is 5.82 Å². The zero-order valence-electron chi connectivity index (χ0n) is 17.9. The Morgan fingerprint density at radius 2 is 1.67 bits per heavy atom. The molecule has 1 fully saturated rings. The van der Waals surface area contributed by atoms with Crippen LogP contribution in [0.2, 0.25) is 0 Å². The number of hydrogen-bond donors (Lipinski definition) is 0. The first kappa shape index (κ1) is 20.7. The van der Waals surface area contributed by atoms with Gasteiger partial charge in [0.15, 0.2) is 0 Å². The Morgan fingerprint density at radius 1 is 0.909 bits per heavy atom. The highest BCUT2D eigenvalue weighted by atomic mass is 16.5. The molecule has 4 aromatic rings. The Hall–Kier alpha value is -4.20. The van der Waals surface area contributed by atoms with Crippen LogP contribution in [0.5, 0.6) is 5.88 Å². The third kappa shape index (κ3) is 4.41. The van der Waals surface area contributed by atoms with Gasteiger partial charge in [-0.2, -0.15) is 4.98 Å². The van der Waals surface area contributed by atoms with Crippen LogP contribution in [0, 0.1) is 0 Å². The molecule has 1 aliphatic rings. The number of aromatic nitrogens is 3. The van der Waals surface area contributed by atoms with Crippen molar-refractivity contribution in [3.8, 4) is 5.88 Å². The lowest BCUT2D eigenvalue weighted by Gasteiger charge is -2.36. The van der Waals surface area contributed by atoms with Crippen LogP contribution in [0.4, 0.5) is 5.82 Å². The number of nitrogens with zero attached hydrogens (tertiary/aromatic N) is 5. The van der Waals surface area contributed by atoms with Crippen molar-refractivity contribution in [1.29, 1.82) is 0 Å². The quantitative estimate of drug-likeness (QED) is 0.474. The largest absolute Gasteiger partial charge is 0.459 e. The van der Waals surface area contributed by atoms with Gasteiger partial charge >= 0.3 is 0 Å². The molecule has 8 heteroatoms. The smallest absolute Gasteiger partial charge is 0.268 e. The minimum Gasteiger partial charge on any atom is -0.459 e. The minimum absolute atomic E-state index is 0.125. The summed E-state index contributed by atoms with van der Waals surface area (Å²) < 4.78 is 7.51. The summed E-state index contributed by atoms with van der Waals surface area (Å²) in [5.41, 5.74) is 0.909. The van der Waals surface area contributed by atoms with Crippen molar-refractivity contribution in [3.63, 3.8) is 0 Å². The molecule has 0 bridgehead atoms. The molecule has 33 heavy (non-hydrogen) atoms. The predicted octanol–water partition coefficient (Wildman–Crippen LogP) is 2.56. The standard InChI is InChI=1S/C25H23N5O3/c31-23-18-22(27-21-11-5-7-13-30(21)23)33-24(19-8-2-1-3-9-19)25(32)29-16-14-28(15-17-29)20-10-4-6-12-26-20/h1-13,18,24H,14-17H2. The molecule has 1 atom stereocenters. The van der Waals surface area contributed by atoms with Crippen LogP contribution in [0.25, 0.3) is 5.65 Å². The number of amides is 1. The SMILES string of the molecule is O=C(C(Oc1cc(=O)n2ccccc2n1)c1ccccc1)N1CCN(c2ccccn2)CC1. The average Bonchev–Trinajstić information content (AvgIpc) is 2.88. The van der Waals surface area contributed by atoms with Gasteiger partial charge in [-0.3, -0.25) is 14.0 Å². The first-order valence-electron chi connectivity index (χ1n) is 10.8. The molecule has 4 heterocycles. The second-order valence-corrected chi connectivity index (χ2v) is 7.77. The van der Waals surface area contributed by atoms with Gasteiger partial charge in [-0.15, -0.1) is 0 Å². The summed E-state index contributed by atoms with van der Waals surface area (Å²) in [4.78, 5) is 38.8. The number of anilines is 1. The summed E-state index contributed by atoms with van der Waals surface area (Å²) in [6.45, 7) is 2.46. The third-order valence-corrected chi connectivity index (χ3v) is 5.68. The molecular weight excluding hydrogens is 418 g/mol. The van der Waals surface area contributed by atoms with Crippen molar-refractivity contribution < 1.29 is 9.53 Å². The highest BCUT2D eigenvalue weighted by Gasteiger charge is 2.31. The zero-order valence-corrected chi connectivity index (χ0v) is 17.9. The van der Waals surface area contributed by atoms with Crippen molar-refractivity contribution >= 4 is 17.4 Å². The van der Waals surface area contributed by atoms with E-state index < -0.39 is 6.10 Å². The third-order valence-electron chi connectivity index (χ3n) is 5.68. The number of benzene rings is 1. The Morgan fingerprint density at radius 3 is 2.42 bits per heavy atom. The van der Waals surface area contributed by atoms with Crippen LogP contribution in [-0.2, 0) is 4.79 Å². The summed E-state index contributed by atoms with van der Waals surface area (Å²) in [5, 5.41) is 0. The molecular formula is C25H23N5O3. The Labute approximate surface area is 190 Å².